The second kappa shape index (κ2) is 4.49. The molecule has 2 fully saturated rings. The normalized spacial score (nSPS) is 35.5. The van der Waals surface area contributed by atoms with Crippen LogP contribution in [-0.4, -0.2) is 48.2 Å². The van der Waals surface area contributed by atoms with Crippen molar-refractivity contribution in [3.63, 3.8) is 0 Å². The summed E-state index contributed by atoms with van der Waals surface area (Å²) in [5, 5.41) is 12.5. The molecule has 1 saturated heterocycles. The number of hydrogen-bond acceptors (Lipinski definition) is 3. The Bertz CT molecular complexity index is 245. The fourth-order valence-electron chi connectivity index (χ4n) is 2.91. The van der Waals surface area contributed by atoms with E-state index in [1.54, 1.807) is 0 Å². The molecule has 0 bridgehead atoms. The van der Waals surface area contributed by atoms with Crippen LogP contribution in [0.2, 0.25) is 0 Å². The first-order valence-corrected chi connectivity index (χ1v) is 5.87. The van der Waals surface area contributed by atoms with Crippen LogP contribution >= 0.6 is 0 Å². The second-order valence-electron chi connectivity index (χ2n) is 4.72. The predicted molar refractivity (Wildman–Crippen MR) is 57.3 cm³/mol. The lowest BCUT2D eigenvalue weighted by Crippen LogP contribution is -2.36. The molecule has 1 aliphatic carbocycles. The lowest BCUT2D eigenvalue weighted by atomic mass is 10.00. The van der Waals surface area contributed by atoms with Gasteiger partial charge in [0.1, 0.15) is 0 Å². The fraction of sp³-hybridized carbons (Fsp3) is 0.909. The van der Waals surface area contributed by atoms with E-state index in [4.69, 9.17) is 0 Å². The summed E-state index contributed by atoms with van der Waals surface area (Å²) >= 11 is 0. The van der Waals surface area contributed by atoms with E-state index in [0.717, 1.165) is 25.9 Å². The van der Waals surface area contributed by atoms with Gasteiger partial charge in [-0.15, -0.1) is 0 Å². The molecule has 2 rings (SSSR count). The van der Waals surface area contributed by atoms with Gasteiger partial charge in [-0.2, -0.15) is 0 Å². The Labute approximate surface area is 90.6 Å². The van der Waals surface area contributed by atoms with Gasteiger partial charge in [-0.25, -0.2) is 0 Å². The number of aliphatic hydroxyl groups is 1. The summed E-state index contributed by atoms with van der Waals surface area (Å²) in [6, 6.07) is 0. The smallest absolute Gasteiger partial charge is 0.234 e. The zero-order valence-corrected chi connectivity index (χ0v) is 9.28. The first kappa shape index (κ1) is 10.9. The number of likely N-dealkylation sites (N-methyl/N-ethyl adjacent to an activating group) is 1. The maximum absolute atomic E-state index is 11.4. The van der Waals surface area contributed by atoms with E-state index < -0.39 is 0 Å². The van der Waals surface area contributed by atoms with E-state index in [1.165, 1.54) is 0 Å². The van der Waals surface area contributed by atoms with Gasteiger partial charge < -0.3 is 10.4 Å². The average Bonchev–Trinajstić information content (AvgIpc) is 2.69. The molecule has 1 saturated carbocycles. The first-order valence-electron chi connectivity index (χ1n) is 5.87. The van der Waals surface area contributed by atoms with Gasteiger partial charge in [0.15, 0.2) is 0 Å². The maximum Gasteiger partial charge on any atom is 0.234 e. The van der Waals surface area contributed by atoms with E-state index >= 15 is 0 Å². The fourth-order valence-corrected chi connectivity index (χ4v) is 2.91. The number of carbonyl (C=O) groups is 1. The minimum absolute atomic E-state index is 0.104. The second-order valence-corrected chi connectivity index (χ2v) is 4.72. The van der Waals surface area contributed by atoms with Crippen molar-refractivity contribution in [3.8, 4) is 0 Å². The van der Waals surface area contributed by atoms with Crippen molar-refractivity contribution >= 4 is 5.91 Å². The number of rotatable bonds is 3. The molecule has 0 aromatic heterocycles. The summed E-state index contributed by atoms with van der Waals surface area (Å²) in [5.74, 6) is 1.14. The monoisotopic (exact) mass is 212 g/mol. The zero-order valence-electron chi connectivity index (χ0n) is 9.28. The van der Waals surface area contributed by atoms with Crippen LogP contribution in [-0.2, 0) is 4.79 Å². The van der Waals surface area contributed by atoms with Crippen molar-refractivity contribution < 1.29 is 9.90 Å². The molecule has 1 heterocycles. The van der Waals surface area contributed by atoms with Crippen LogP contribution in [0.3, 0.4) is 0 Å². The quantitative estimate of drug-likeness (QED) is 0.682. The van der Waals surface area contributed by atoms with Gasteiger partial charge in [0.25, 0.3) is 0 Å². The van der Waals surface area contributed by atoms with E-state index in [-0.39, 0.29) is 12.0 Å². The Hall–Kier alpha value is -0.610. The molecule has 0 aromatic rings. The number of aliphatic hydroxyl groups excluding tert-OH is 1. The van der Waals surface area contributed by atoms with Crippen molar-refractivity contribution in [2.24, 2.45) is 11.8 Å². The predicted octanol–water partition coefficient (Wildman–Crippen LogP) is -0.175. The Morgan fingerprint density at radius 1 is 1.47 bits per heavy atom. The summed E-state index contributed by atoms with van der Waals surface area (Å²) < 4.78 is 0. The summed E-state index contributed by atoms with van der Waals surface area (Å²) in [7, 11) is 0. The van der Waals surface area contributed by atoms with Crippen LogP contribution in [0.25, 0.3) is 0 Å². The van der Waals surface area contributed by atoms with Crippen molar-refractivity contribution in [2.75, 3.05) is 26.2 Å². The lowest BCUT2D eigenvalue weighted by molar-refractivity contribution is -0.122. The molecular formula is C11H20N2O2. The molecule has 0 radical (unpaired) electrons. The largest absolute Gasteiger partial charge is 0.393 e. The molecule has 4 nitrogen and oxygen atoms in total. The van der Waals surface area contributed by atoms with E-state index in [1.807, 2.05) is 6.92 Å². The summed E-state index contributed by atoms with van der Waals surface area (Å²) in [6.45, 7) is 5.00. The molecule has 1 aliphatic heterocycles. The standard InChI is InChI=1S/C11H20N2O2/c1-2-12-11(15)7-13-5-8-3-4-10(14)9(8)6-13/h8-10,14H,2-7H2,1H3,(H,12,15). The number of hydrogen-bond donors (Lipinski definition) is 2. The Kier molecular flexibility index (Phi) is 3.26. The number of nitrogens with zero attached hydrogens (tertiary/aromatic N) is 1. The van der Waals surface area contributed by atoms with Crippen LogP contribution in [0.1, 0.15) is 19.8 Å². The molecule has 2 aliphatic rings. The molecule has 3 atom stereocenters. The highest BCUT2D eigenvalue weighted by Crippen LogP contribution is 2.37. The molecule has 4 heteroatoms. The van der Waals surface area contributed by atoms with Crippen molar-refractivity contribution in [1.82, 2.24) is 10.2 Å². The Morgan fingerprint density at radius 3 is 2.93 bits per heavy atom. The van der Waals surface area contributed by atoms with Crippen molar-refractivity contribution in [1.29, 1.82) is 0 Å². The van der Waals surface area contributed by atoms with Crippen LogP contribution in [0.15, 0.2) is 0 Å². The molecule has 0 aromatic carbocycles. The molecule has 15 heavy (non-hydrogen) atoms. The highest BCUT2D eigenvalue weighted by atomic mass is 16.3. The van der Waals surface area contributed by atoms with E-state index in [2.05, 4.69) is 10.2 Å². The molecule has 3 unspecified atom stereocenters. The van der Waals surface area contributed by atoms with Crippen LogP contribution in [0.5, 0.6) is 0 Å². The Morgan fingerprint density at radius 2 is 2.27 bits per heavy atom. The average molecular weight is 212 g/mol. The lowest BCUT2D eigenvalue weighted by Gasteiger charge is -2.17. The number of carbonyl (C=O) groups excluding carboxylic acids is 1. The highest BCUT2D eigenvalue weighted by Gasteiger charge is 2.41. The van der Waals surface area contributed by atoms with Gasteiger partial charge in [0, 0.05) is 25.6 Å². The summed E-state index contributed by atoms with van der Waals surface area (Å²) in [6.07, 6.45) is 1.94. The van der Waals surface area contributed by atoms with Crippen molar-refractivity contribution in [2.45, 2.75) is 25.9 Å². The van der Waals surface area contributed by atoms with E-state index in [9.17, 15) is 9.90 Å². The first-order chi connectivity index (χ1) is 7.20. The summed E-state index contributed by atoms with van der Waals surface area (Å²) in [4.78, 5) is 13.6. The third kappa shape index (κ3) is 2.32. The topological polar surface area (TPSA) is 52.6 Å². The van der Waals surface area contributed by atoms with Gasteiger partial charge in [0.05, 0.1) is 12.6 Å². The van der Waals surface area contributed by atoms with E-state index in [0.29, 0.717) is 24.9 Å². The summed E-state index contributed by atoms with van der Waals surface area (Å²) in [5.41, 5.74) is 0. The van der Waals surface area contributed by atoms with Gasteiger partial charge >= 0.3 is 0 Å². The van der Waals surface area contributed by atoms with Crippen LogP contribution in [0, 0.1) is 11.8 Å². The van der Waals surface area contributed by atoms with Crippen molar-refractivity contribution in [3.05, 3.63) is 0 Å². The number of amides is 1. The maximum atomic E-state index is 11.4. The molecule has 1 amide bonds. The Balaban J connectivity index is 1.81. The molecular weight excluding hydrogens is 192 g/mol. The zero-order chi connectivity index (χ0) is 10.8. The molecule has 86 valence electrons. The van der Waals surface area contributed by atoms with Gasteiger partial charge in [-0.3, -0.25) is 9.69 Å². The third-order valence-electron chi connectivity index (χ3n) is 3.64. The molecule has 2 N–H and O–H groups in total. The van der Waals surface area contributed by atoms with Crippen LogP contribution in [0.4, 0.5) is 0 Å². The third-order valence-corrected chi connectivity index (χ3v) is 3.64. The number of nitrogens with one attached hydrogen (secondary N) is 1. The van der Waals surface area contributed by atoms with Gasteiger partial charge in [0.2, 0.25) is 5.91 Å². The van der Waals surface area contributed by atoms with Gasteiger partial charge in [-0.1, -0.05) is 0 Å². The highest BCUT2D eigenvalue weighted by molar-refractivity contribution is 5.77. The van der Waals surface area contributed by atoms with Crippen LogP contribution < -0.4 is 5.32 Å². The van der Waals surface area contributed by atoms with Gasteiger partial charge in [-0.05, 0) is 25.7 Å². The number of likely N-dealkylation sites (tertiary alicyclic amines) is 1. The SMILES string of the molecule is CCNC(=O)CN1CC2CCC(O)C2C1. The molecule has 0 spiro atoms. The number of fused-ring (bicyclic) bond motifs is 1. The minimum atomic E-state index is -0.130. The minimum Gasteiger partial charge on any atom is -0.393 e.